The minimum Gasteiger partial charge on any atom is -0.497 e. The Bertz CT molecular complexity index is 1230. The van der Waals surface area contributed by atoms with E-state index >= 15 is 0 Å². The SMILES string of the molecule is COc1cc(-c2ccccc2F)cc(C2(c3cccc(C(F)F)n3)N=C(N)N(C)C2=O)c1. The first-order valence-corrected chi connectivity index (χ1v) is 9.61. The highest BCUT2D eigenvalue weighted by Crippen LogP contribution is 2.42. The molecular weight excluding hydrogens is 421 g/mol. The first kappa shape index (κ1) is 21.4. The standard InChI is InChI=1S/C23H19F3N4O2/c1-30-21(31)23(29-22(30)27,19-9-5-8-18(28-19)20(25)26)14-10-13(11-15(12-14)32-2)16-6-3-4-7-17(16)24/h3-12,20H,1-2H3,(H2,27,29). The molecule has 1 atom stereocenters. The maximum Gasteiger partial charge on any atom is 0.280 e. The van der Waals surface area contributed by atoms with E-state index in [1.807, 2.05) is 0 Å². The second-order valence-corrected chi connectivity index (χ2v) is 7.22. The maximum absolute atomic E-state index is 14.5. The van der Waals surface area contributed by atoms with Gasteiger partial charge in [-0.3, -0.25) is 9.69 Å². The van der Waals surface area contributed by atoms with Crippen LogP contribution in [0.5, 0.6) is 5.75 Å². The van der Waals surface area contributed by atoms with Gasteiger partial charge in [0.05, 0.1) is 12.8 Å². The van der Waals surface area contributed by atoms with Gasteiger partial charge in [-0.25, -0.2) is 23.1 Å². The molecule has 1 aliphatic heterocycles. The summed E-state index contributed by atoms with van der Waals surface area (Å²) < 4.78 is 46.7. The third kappa shape index (κ3) is 3.35. The Labute approximate surface area is 182 Å². The monoisotopic (exact) mass is 440 g/mol. The van der Waals surface area contributed by atoms with Gasteiger partial charge in [0.25, 0.3) is 12.3 Å². The molecule has 0 fully saturated rings. The smallest absolute Gasteiger partial charge is 0.280 e. The van der Waals surface area contributed by atoms with Crippen LogP contribution in [0.4, 0.5) is 13.2 Å². The number of amides is 1. The Morgan fingerprint density at radius 3 is 2.47 bits per heavy atom. The molecule has 1 unspecified atom stereocenters. The molecular formula is C23H19F3N4O2. The minimum atomic E-state index is -2.85. The van der Waals surface area contributed by atoms with Crippen LogP contribution in [0.2, 0.25) is 0 Å². The van der Waals surface area contributed by atoms with E-state index in [0.717, 1.165) is 11.0 Å². The molecule has 2 heterocycles. The average molecular weight is 440 g/mol. The molecule has 0 radical (unpaired) electrons. The van der Waals surface area contributed by atoms with Crippen LogP contribution in [0.15, 0.2) is 65.7 Å². The molecule has 0 saturated carbocycles. The number of guanidine groups is 1. The summed E-state index contributed by atoms with van der Waals surface area (Å²) in [5.41, 5.74) is 4.52. The van der Waals surface area contributed by atoms with E-state index in [9.17, 15) is 18.0 Å². The van der Waals surface area contributed by atoms with E-state index in [1.165, 1.54) is 38.4 Å². The van der Waals surface area contributed by atoms with Crippen LogP contribution in [0.25, 0.3) is 11.1 Å². The number of methoxy groups -OCH3 is 1. The molecule has 1 amide bonds. The number of aromatic nitrogens is 1. The summed E-state index contributed by atoms with van der Waals surface area (Å²) in [5.74, 6) is -0.839. The van der Waals surface area contributed by atoms with Crippen molar-refractivity contribution in [3.8, 4) is 16.9 Å². The van der Waals surface area contributed by atoms with Gasteiger partial charge < -0.3 is 10.5 Å². The number of hydrogen-bond donors (Lipinski definition) is 1. The van der Waals surface area contributed by atoms with Crippen molar-refractivity contribution >= 4 is 11.9 Å². The first-order chi connectivity index (χ1) is 15.3. The van der Waals surface area contributed by atoms with Gasteiger partial charge >= 0.3 is 0 Å². The van der Waals surface area contributed by atoms with Crippen molar-refractivity contribution in [1.29, 1.82) is 0 Å². The third-order valence-corrected chi connectivity index (χ3v) is 5.35. The molecule has 1 aliphatic rings. The van der Waals surface area contributed by atoms with Gasteiger partial charge in [0, 0.05) is 12.6 Å². The third-order valence-electron chi connectivity index (χ3n) is 5.35. The number of carbonyl (C=O) groups excluding carboxylic acids is 1. The molecule has 0 bridgehead atoms. The predicted molar refractivity (Wildman–Crippen MR) is 113 cm³/mol. The fourth-order valence-corrected chi connectivity index (χ4v) is 3.70. The molecule has 3 aromatic rings. The van der Waals surface area contributed by atoms with Crippen molar-refractivity contribution < 1.29 is 22.7 Å². The molecule has 0 spiro atoms. The summed E-state index contributed by atoms with van der Waals surface area (Å²) in [6.07, 6.45) is -2.85. The van der Waals surface area contributed by atoms with Gasteiger partial charge in [0.1, 0.15) is 17.3 Å². The number of ether oxygens (including phenoxy) is 1. The zero-order valence-corrected chi connectivity index (χ0v) is 17.2. The topological polar surface area (TPSA) is 80.8 Å². The largest absolute Gasteiger partial charge is 0.497 e. The Balaban J connectivity index is 2.02. The summed E-state index contributed by atoms with van der Waals surface area (Å²) in [6, 6.07) is 14.8. The Hall–Kier alpha value is -3.88. The number of nitrogens with zero attached hydrogens (tertiary/aromatic N) is 3. The van der Waals surface area contributed by atoms with Crippen molar-refractivity contribution in [2.45, 2.75) is 12.0 Å². The molecule has 1 aromatic heterocycles. The molecule has 9 heteroatoms. The van der Waals surface area contributed by atoms with E-state index in [1.54, 1.807) is 30.3 Å². The van der Waals surface area contributed by atoms with Gasteiger partial charge in [-0.2, -0.15) is 0 Å². The van der Waals surface area contributed by atoms with Crippen molar-refractivity contribution in [2.75, 3.05) is 14.2 Å². The van der Waals surface area contributed by atoms with E-state index in [0.29, 0.717) is 11.3 Å². The fourth-order valence-electron chi connectivity index (χ4n) is 3.70. The van der Waals surface area contributed by atoms with Crippen LogP contribution >= 0.6 is 0 Å². The van der Waals surface area contributed by atoms with Gasteiger partial charge in [0.2, 0.25) is 5.54 Å². The van der Waals surface area contributed by atoms with Crippen LogP contribution in [0, 0.1) is 5.82 Å². The number of nitrogens with two attached hydrogens (primary N) is 1. The molecule has 0 aliphatic carbocycles. The molecule has 2 aromatic carbocycles. The molecule has 6 nitrogen and oxygen atoms in total. The number of alkyl halides is 2. The highest BCUT2D eigenvalue weighted by Gasteiger charge is 2.51. The van der Waals surface area contributed by atoms with Crippen LogP contribution in [-0.2, 0) is 10.3 Å². The quantitative estimate of drug-likeness (QED) is 0.653. The molecule has 0 saturated heterocycles. The fraction of sp³-hybridized carbons (Fsp3) is 0.174. The Kier molecular flexibility index (Phi) is 5.33. The van der Waals surface area contributed by atoms with E-state index < -0.39 is 29.4 Å². The van der Waals surface area contributed by atoms with Gasteiger partial charge in [-0.1, -0.05) is 24.3 Å². The number of aliphatic imine (C=N–C) groups is 1. The minimum absolute atomic E-state index is 0.0275. The zero-order valence-electron chi connectivity index (χ0n) is 17.2. The summed E-state index contributed by atoms with van der Waals surface area (Å²) >= 11 is 0. The molecule has 4 rings (SSSR count). The van der Waals surface area contributed by atoms with Crippen LogP contribution < -0.4 is 10.5 Å². The maximum atomic E-state index is 14.5. The normalized spacial score (nSPS) is 18.2. The van der Waals surface area contributed by atoms with Gasteiger partial charge in [-0.05, 0) is 47.5 Å². The summed E-state index contributed by atoms with van der Waals surface area (Å²) in [4.78, 5) is 22.9. The number of rotatable bonds is 5. The average Bonchev–Trinajstić information content (AvgIpc) is 3.04. The van der Waals surface area contributed by atoms with E-state index in [2.05, 4.69) is 9.98 Å². The van der Waals surface area contributed by atoms with Crippen LogP contribution in [-0.4, -0.2) is 35.9 Å². The first-order valence-electron chi connectivity index (χ1n) is 9.61. The summed E-state index contributed by atoms with van der Waals surface area (Å²) in [6.45, 7) is 0. The number of likely N-dealkylation sites (N-methyl/N-ethyl adjacent to an activating group) is 1. The van der Waals surface area contributed by atoms with Crippen LogP contribution in [0.1, 0.15) is 23.4 Å². The lowest BCUT2D eigenvalue weighted by Crippen LogP contribution is -2.41. The Morgan fingerprint density at radius 1 is 1.09 bits per heavy atom. The Morgan fingerprint density at radius 2 is 1.84 bits per heavy atom. The lowest BCUT2D eigenvalue weighted by atomic mass is 9.84. The highest BCUT2D eigenvalue weighted by atomic mass is 19.3. The number of pyridine rings is 1. The molecule has 164 valence electrons. The lowest BCUT2D eigenvalue weighted by Gasteiger charge is -2.26. The molecule has 2 N–H and O–H groups in total. The number of hydrogen-bond acceptors (Lipinski definition) is 5. The predicted octanol–water partition coefficient (Wildman–Crippen LogP) is 3.86. The van der Waals surface area contributed by atoms with Crippen molar-refractivity contribution in [2.24, 2.45) is 10.7 Å². The molecule has 32 heavy (non-hydrogen) atoms. The van der Waals surface area contributed by atoms with Gasteiger partial charge in [-0.15, -0.1) is 0 Å². The summed E-state index contributed by atoms with van der Waals surface area (Å²) in [7, 11) is 2.85. The lowest BCUT2D eigenvalue weighted by molar-refractivity contribution is -0.129. The number of benzene rings is 2. The van der Waals surface area contributed by atoms with Gasteiger partial charge in [0.15, 0.2) is 5.96 Å². The second kappa shape index (κ2) is 7.99. The zero-order chi connectivity index (χ0) is 23.0. The van der Waals surface area contributed by atoms with Crippen LogP contribution in [0.3, 0.4) is 0 Å². The number of carbonyl (C=O) groups is 1. The highest BCUT2D eigenvalue weighted by molar-refractivity contribution is 6.08. The second-order valence-electron chi connectivity index (χ2n) is 7.22. The summed E-state index contributed by atoms with van der Waals surface area (Å²) in [5, 5.41) is 0. The van der Waals surface area contributed by atoms with Crippen molar-refractivity contribution in [3.63, 3.8) is 0 Å². The van der Waals surface area contributed by atoms with Crippen molar-refractivity contribution in [1.82, 2.24) is 9.88 Å². The van der Waals surface area contributed by atoms with E-state index in [-0.39, 0.29) is 22.8 Å². The van der Waals surface area contributed by atoms with Crippen molar-refractivity contribution in [3.05, 3.63) is 83.4 Å². The number of halogens is 3. The van der Waals surface area contributed by atoms with E-state index in [4.69, 9.17) is 10.5 Å².